The van der Waals surface area contributed by atoms with E-state index in [-0.39, 0.29) is 11.3 Å². The molecule has 3 rings (SSSR count). The first-order chi connectivity index (χ1) is 12.0. The molecule has 0 saturated heterocycles. The number of carboxylic acids is 1. The number of carboxylic acid groups (broad SMARTS) is 1. The van der Waals surface area contributed by atoms with Crippen molar-refractivity contribution in [2.45, 2.75) is 6.42 Å². The van der Waals surface area contributed by atoms with Crippen LogP contribution in [0.25, 0.3) is 10.9 Å². The van der Waals surface area contributed by atoms with Gasteiger partial charge in [-0.15, -0.1) is 0 Å². The highest BCUT2D eigenvalue weighted by molar-refractivity contribution is 5.95. The number of rotatable bonds is 6. The van der Waals surface area contributed by atoms with Crippen LogP contribution in [0.3, 0.4) is 0 Å². The SMILES string of the molecule is Cn1cc(CCNc2ccc([N+](=O)[O-])cc2C(=O)O)c2ccccc21. The van der Waals surface area contributed by atoms with Crippen LogP contribution in [0.1, 0.15) is 15.9 Å². The molecule has 7 nitrogen and oxygen atoms in total. The molecule has 0 aliphatic carbocycles. The summed E-state index contributed by atoms with van der Waals surface area (Å²) in [5.74, 6) is -1.20. The molecule has 0 fully saturated rings. The Bertz CT molecular complexity index is 962. The van der Waals surface area contributed by atoms with Gasteiger partial charge in [-0.2, -0.15) is 0 Å². The van der Waals surface area contributed by atoms with Crippen molar-refractivity contribution < 1.29 is 14.8 Å². The summed E-state index contributed by atoms with van der Waals surface area (Å²) in [7, 11) is 1.98. The van der Waals surface area contributed by atoms with E-state index >= 15 is 0 Å². The molecule has 25 heavy (non-hydrogen) atoms. The molecule has 128 valence electrons. The third-order valence-electron chi connectivity index (χ3n) is 4.13. The van der Waals surface area contributed by atoms with Gasteiger partial charge in [0.2, 0.25) is 0 Å². The fourth-order valence-electron chi connectivity index (χ4n) is 2.93. The smallest absolute Gasteiger partial charge is 0.338 e. The number of para-hydroxylation sites is 1. The van der Waals surface area contributed by atoms with Gasteiger partial charge in [-0.05, 0) is 24.1 Å². The summed E-state index contributed by atoms with van der Waals surface area (Å²) in [5.41, 5.74) is 2.32. The second-order valence-corrected chi connectivity index (χ2v) is 5.75. The van der Waals surface area contributed by atoms with E-state index in [4.69, 9.17) is 0 Å². The Balaban J connectivity index is 1.77. The monoisotopic (exact) mass is 339 g/mol. The van der Waals surface area contributed by atoms with Crippen molar-refractivity contribution in [3.05, 3.63) is 69.9 Å². The molecule has 0 unspecified atom stereocenters. The van der Waals surface area contributed by atoms with Crippen molar-refractivity contribution in [3.8, 4) is 0 Å². The standard InChI is InChI=1S/C18H17N3O4/c1-20-11-12(14-4-2-3-5-17(14)20)8-9-19-16-7-6-13(21(24)25)10-15(16)18(22)23/h2-7,10-11,19H,8-9H2,1H3,(H,22,23). The van der Waals surface area contributed by atoms with Gasteiger partial charge in [0.15, 0.2) is 0 Å². The molecule has 0 aliphatic rings. The Hall–Kier alpha value is -3.35. The Morgan fingerprint density at radius 2 is 2.04 bits per heavy atom. The number of non-ortho nitro benzene ring substituents is 1. The van der Waals surface area contributed by atoms with E-state index in [1.807, 2.05) is 25.2 Å². The summed E-state index contributed by atoms with van der Waals surface area (Å²) in [5, 5.41) is 24.3. The van der Waals surface area contributed by atoms with E-state index < -0.39 is 10.9 Å². The topological polar surface area (TPSA) is 97.4 Å². The molecule has 0 saturated carbocycles. The summed E-state index contributed by atoms with van der Waals surface area (Å²) >= 11 is 0. The summed E-state index contributed by atoms with van der Waals surface area (Å²) in [6.07, 6.45) is 2.76. The minimum atomic E-state index is -1.20. The molecule has 1 heterocycles. The van der Waals surface area contributed by atoms with E-state index in [2.05, 4.69) is 22.1 Å². The summed E-state index contributed by atoms with van der Waals surface area (Å²) in [6, 6.07) is 11.9. The van der Waals surface area contributed by atoms with Gasteiger partial charge in [0.05, 0.1) is 10.5 Å². The van der Waals surface area contributed by atoms with Crippen molar-refractivity contribution in [2.24, 2.45) is 7.05 Å². The number of hydrogen-bond acceptors (Lipinski definition) is 4. The second-order valence-electron chi connectivity index (χ2n) is 5.75. The minimum Gasteiger partial charge on any atom is -0.478 e. The van der Waals surface area contributed by atoms with Crippen LogP contribution in [0.4, 0.5) is 11.4 Å². The van der Waals surface area contributed by atoms with Crippen LogP contribution in [0.15, 0.2) is 48.7 Å². The average molecular weight is 339 g/mol. The number of fused-ring (bicyclic) bond motifs is 1. The van der Waals surface area contributed by atoms with Crippen molar-refractivity contribution in [1.29, 1.82) is 0 Å². The molecule has 0 radical (unpaired) electrons. The van der Waals surface area contributed by atoms with Crippen LogP contribution in [0.2, 0.25) is 0 Å². The molecule has 2 aromatic carbocycles. The van der Waals surface area contributed by atoms with Gasteiger partial charge in [-0.25, -0.2) is 4.79 Å². The lowest BCUT2D eigenvalue weighted by Crippen LogP contribution is -2.10. The summed E-state index contributed by atoms with van der Waals surface area (Å²) in [4.78, 5) is 21.5. The average Bonchev–Trinajstić information content (AvgIpc) is 2.91. The highest BCUT2D eigenvalue weighted by Gasteiger charge is 2.16. The lowest BCUT2D eigenvalue weighted by atomic mass is 10.1. The zero-order valence-corrected chi connectivity index (χ0v) is 13.6. The lowest BCUT2D eigenvalue weighted by Gasteiger charge is -2.09. The van der Waals surface area contributed by atoms with E-state index in [1.54, 1.807) is 0 Å². The third-order valence-corrected chi connectivity index (χ3v) is 4.13. The van der Waals surface area contributed by atoms with E-state index in [0.29, 0.717) is 18.7 Å². The first-order valence-electron chi connectivity index (χ1n) is 7.76. The van der Waals surface area contributed by atoms with Crippen LogP contribution in [-0.4, -0.2) is 27.1 Å². The second kappa shape index (κ2) is 6.64. The first kappa shape index (κ1) is 16.5. The van der Waals surface area contributed by atoms with Gasteiger partial charge in [0.25, 0.3) is 5.69 Å². The zero-order valence-electron chi connectivity index (χ0n) is 13.6. The number of anilines is 1. The number of nitro benzene ring substituents is 1. The number of aromatic carboxylic acids is 1. The van der Waals surface area contributed by atoms with Crippen LogP contribution >= 0.6 is 0 Å². The predicted molar refractivity (Wildman–Crippen MR) is 95.2 cm³/mol. The van der Waals surface area contributed by atoms with Crippen molar-refractivity contribution >= 4 is 28.2 Å². The third kappa shape index (κ3) is 3.30. The molecule has 2 N–H and O–H groups in total. The molecule has 0 amide bonds. The fraction of sp³-hybridized carbons (Fsp3) is 0.167. The van der Waals surface area contributed by atoms with Gasteiger partial charge in [0, 0.05) is 48.5 Å². The summed E-state index contributed by atoms with van der Waals surface area (Å²) < 4.78 is 2.05. The van der Waals surface area contributed by atoms with Crippen LogP contribution in [0.5, 0.6) is 0 Å². The number of aromatic nitrogens is 1. The molecule has 0 spiro atoms. The predicted octanol–water partition coefficient (Wildman–Crippen LogP) is 3.44. The van der Waals surface area contributed by atoms with E-state index in [1.165, 1.54) is 12.1 Å². The van der Waals surface area contributed by atoms with Crippen molar-refractivity contribution in [3.63, 3.8) is 0 Å². The normalized spacial score (nSPS) is 10.8. The lowest BCUT2D eigenvalue weighted by molar-refractivity contribution is -0.384. The molecular formula is C18H17N3O4. The van der Waals surface area contributed by atoms with Crippen LogP contribution < -0.4 is 5.32 Å². The Morgan fingerprint density at radius 1 is 1.28 bits per heavy atom. The number of benzene rings is 2. The maximum absolute atomic E-state index is 11.3. The highest BCUT2D eigenvalue weighted by atomic mass is 16.6. The van der Waals surface area contributed by atoms with E-state index in [9.17, 15) is 20.0 Å². The largest absolute Gasteiger partial charge is 0.478 e. The summed E-state index contributed by atoms with van der Waals surface area (Å²) in [6.45, 7) is 0.520. The van der Waals surface area contributed by atoms with E-state index in [0.717, 1.165) is 22.5 Å². The molecule has 0 bridgehead atoms. The van der Waals surface area contributed by atoms with Gasteiger partial charge < -0.3 is 15.0 Å². The molecule has 0 aliphatic heterocycles. The highest BCUT2D eigenvalue weighted by Crippen LogP contribution is 2.24. The molecule has 3 aromatic rings. The number of nitrogens with one attached hydrogen (secondary N) is 1. The van der Waals surface area contributed by atoms with Crippen molar-refractivity contribution in [2.75, 3.05) is 11.9 Å². The van der Waals surface area contributed by atoms with Crippen LogP contribution in [0, 0.1) is 10.1 Å². The van der Waals surface area contributed by atoms with Gasteiger partial charge in [-0.3, -0.25) is 10.1 Å². The first-order valence-corrected chi connectivity index (χ1v) is 7.76. The maximum Gasteiger partial charge on any atom is 0.338 e. The van der Waals surface area contributed by atoms with Gasteiger partial charge in [-0.1, -0.05) is 18.2 Å². The number of nitro groups is 1. The molecule has 0 atom stereocenters. The molecular weight excluding hydrogens is 322 g/mol. The maximum atomic E-state index is 11.3. The molecule has 1 aromatic heterocycles. The number of hydrogen-bond donors (Lipinski definition) is 2. The van der Waals surface area contributed by atoms with Gasteiger partial charge >= 0.3 is 5.97 Å². The van der Waals surface area contributed by atoms with Crippen molar-refractivity contribution in [1.82, 2.24) is 4.57 Å². The fourth-order valence-corrected chi connectivity index (χ4v) is 2.93. The minimum absolute atomic E-state index is 0.105. The number of nitrogens with zero attached hydrogens (tertiary/aromatic N) is 2. The Kier molecular flexibility index (Phi) is 4.38. The molecule has 7 heteroatoms. The number of aryl methyl sites for hydroxylation is 1. The quantitative estimate of drug-likeness (QED) is 0.529. The Morgan fingerprint density at radius 3 is 2.76 bits per heavy atom. The van der Waals surface area contributed by atoms with Crippen LogP contribution in [-0.2, 0) is 13.5 Å². The Labute approximate surface area is 143 Å². The number of carbonyl (C=O) groups is 1. The zero-order chi connectivity index (χ0) is 18.0. The van der Waals surface area contributed by atoms with Gasteiger partial charge in [0.1, 0.15) is 0 Å².